The SMILES string of the molecule is CC(O)CNCCNCc1ccc(-c2cc(Cl)ccc2Cl)o1. The van der Waals surface area contributed by atoms with Crippen LogP contribution < -0.4 is 10.6 Å². The quantitative estimate of drug-likeness (QED) is 0.644. The molecule has 0 radical (unpaired) electrons. The molecule has 0 saturated carbocycles. The van der Waals surface area contributed by atoms with E-state index < -0.39 is 0 Å². The molecule has 0 aliphatic carbocycles. The van der Waals surface area contributed by atoms with Crippen molar-refractivity contribution in [2.45, 2.75) is 19.6 Å². The number of furan rings is 1. The van der Waals surface area contributed by atoms with Crippen LogP contribution in [0.25, 0.3) is 11.3 Å². The molecule has 4 nitrogen and oxygen atoms in total. The molecule has 0 fully saturated rings. The van der Waals surface area contributed by atoms with Crippen LogP contribution in [0.4, 0.5) is 0 Å². The fraction of sp³-hybridized carbons (Fsp3) is 0.375. The minimum Gasteiger partial charge on any atom is -0.460 e. The third-order valence-electron chi connectivity index (χ3n) is 3.07. The van der Waals surface area contributed by atoms with Gasteiger partial charge in [-0.1, -0.05) is 23.2 Å². The molecule has 0 spiro atoms. The van der Waals surface area contributed by atoms with E-state index in [0.29, 0.717) is 28.9 Å². The van der Waals surface area contributed by atoms with Gasteiger partial charge in [-0.15, -0.1) is 0 Å². The van der Waals surface area contributed by atoms with Gasteiger partial charge in [0.15, 0.2) is 0 Å². The second-order valence-corrected chi connectivity index (χ2v) is 5.96. The molecule has 6 heteroatoms. The number of hydrogen-bond acceptors (Lipinski definition) is 4. The zero-order valence-electron chi connectivity index (χ0n) is 12.4. The fourth-order valence-corrected chi connectivity index (χ4v) is 2.39. The van der Waals surface area contributed by atoms with Crippen molar-refractivity contribution in [2.24, 2.45) is 0 Å². The molecule has 1 unspecified atom stereocenters. The van der Waals surface area contributed by atoms with Crippen molar-refractivity contribution in [1.29, 1.82) is 0 Å². The van der Waals surface area contributed by atoms with Crippen molar-refractivity contribution in [3.8, 4) is 11.3 Å². The van der Waals surface area contributed by atoms with Crippen molar-refractivity contribution in [2.75, 3.05) is 19.6 Å². The number of hydrogen-bond donors (Lipinski definition) is 3. The van der Waals surface area contributed by atoms with Crippen LogP contribution in [0.5, 0.6) is 0 Å². The highest BCUT2D eigenvalue weighted by Crippen LogP contribution is 2.31. The summed E-state index contributed by atoms with van der Waals surface area (Å²) in [6, 6.07) is 9.11. The van der Waals surface area contributed by atoms with Crippen LogP contribution in [0.15, 0.2) is 34.7 Å². The topological polar surface area (TPSA) is 57.4 Å². The third-order valence-corrected chi connectivity index (χ3v) is 3.64. The highest BCUT2D eigenvalue weighted by molar-refractivity contribution is 6.35. The summed E-state index contributed by atoms with van der Waals surface area (Å²) in [5.74, 6) is 1.54. The second-order valence-electron chi connectivity index (χ2n) is 5.12. The van der Waals surface area contributed by atoms with Crippen LogP contribution in [0, 0.1) is 0 Å². The van der Waals surface area contributed by atoms with Crippen molar-refractivity contribution >= 4 is 23.2 Å². The van der Waals surface area contributed by atoms with Crippen LogP contribution in [0.3, 0.4) is 0 Å². The van der Waals surface area contributed by atoms with Crippen molar-refractivity contribution < 1.29 is 9.52 Å². The maximum absolute atomic E-state index is 9.12. The molecule has 1 aromatic heterocycles. The number of benzene rings is 1. The molecule has 1 aromatic carbocycles. The highest BCUT2D eigenvalue weighted by atomic mass is 35.5. The van der Waals surface area contributed by atoms with E-state index in [2.05, 4.69) is 10.6 Å². The standard InChI is InChI=1S/C16H20Cl2N2O2/c1-11(21)9-19-6-7-20-10-13-3-5-16(22-13)14-8-12(17)2-4-15(14)18/h2-5,8,11,19-21H,6-7,9-10H2,1H3. The molecular formula is C16H20Cl2N2O2. The summed E-state index contributed by atoms with van der Waals surface area (Å²) >= 11 is 12.2. The molecule has 1 atom stereocenters. The minimum absolute atomic E-state index is 0.324. The van der Waals surface area contributed by atoms with E-state index in [1.165, 1.54) is 0 Å². The Morgan fingerprint density at radius 2 is 1.91 bits per heavy atom. The first-order chi connectivity index (χ1) is 10.6. The van der Waals surface area contributed by atoms with Crippen LogP contribution in [-0.4, -0.2) is 30.8 Å². The van der Waals surface area contributed by atoms with Crippen LogP contribution >= 0.6 is 23.2 Å². The molecule has 120 valence electrons. The first kappa shape index (κ1) is 17.3. The number of aliphatic hydroxyl groups is 1. The van der Waals surface area contributed by atoms with Gasteiger partial charge in [-0.05, 0) is 37.3 Å². The molecule has 0 amide bonds. The van der Waals surface area contributed by atoms with Gasteiger partial charge in [-0.2, -0.15) is 0 Å². The van der Waals surface area contributed by atoms with Gasteiger partial charge < -0.3 is 20.2 Å². The lowest BCUT2D eigenvalue weighted by atomic mass is 10.2. The van der Waals surface area contributed by atoms with E-state index >= 15 is 0 Å². The summed E-state index contributed by atoms with van der Waals surface area (Å²) in [5.41, 5.74) is 0.791. The van der Waals surface area contributed by atoms with E-state index in [1.807, 2.05) is 12.1 Å². The average Bonchev–Trinajstić information content (AvgIpc) is 2.93. The van der Waals surface area contributed by atoms with Gasteiger partial charge in [0.25, 0.3) is 0 Å². The summed E-state index contributed by atoms with van der Waals surface area (Å²) in [7, 11) is 0. The number of nitrogens with one attached hydrogen (secondary N) is 2. The number of aliphatic hydroxyl groups excluding tert-OH is 1. The third kappa shape index (κ3) is 5.30. The highest BCUT2D eigenvalue weighted by Gasteiger charge is 2.09. The molecule has 0 bridgehead atoms. The van der Waals surface area contributed by atoms with E-state index in [-0.39, 0.29) is 6.10 Å². The molecule has 1 heterocycles. The summed E-state index contributed by atoms with van der Waals surface area (Å²) in [4.78, 5) is 0. The summed E-state index contributed by atoms with van der Waals surface area (Å²) < 4.78 is 5.78. The average molecular weight is 343 g/mol. The van der Waals surface area contributed by atoms with Crippen molar-refractivity contribution in [3.63, 3.8) is 0 Å². The lowest BCUT2D eigenvalue weighted by Crippen LogP contribution is -2.31. The first-order valence-electron chi connectivity index (χ1n) is 7.20. The van der Waals surface area contributed by atoms with Gasteiger partial charge in [-0.25, -0.2) is 0 Å². The lowest BCUT2D eigenvalue weighted by Gasteiger charge is -2.07. The zero-order chi connectivity index (χ0) is 15.9. The Kier molecular flexibility index (Phi) is 6.73. The smallest absolute Gasteiger partial charge is 0.135 e. The monoisotopic (exact) mass is 342 g/mol. The van der Waals surface area contributed by atoms with E-state index in [4.69, 9.17) is 32.7 Å². The lowest BCUT2D eigenvalue weighted by molar-refractivity contribution is 0.191. The molecule has 0 aliphatic heterocycles. The Bertz CT molecular complexity index is 600. The Balaban J connectivity index is 1.83. The minimum atomic E-state index is -0.324. The van der Waals surface area contributed by atoms with Gasteiger partial charge in [0.05, 0.1) is 17.7 Å². The molecule has 0 saturated heterocycles. The van der Waals surface area contributed by atoms with Gasteiger partial charge in [0.2, 0.25) is 0 Å². The van der Waals surface area contributed by atoms with Gasteiger partial charge >= 0.3 is 0 Å². The molecular weight excluding hydrogens is 323 g/mol. The zero-order valence-corrected chi connectivity index (χ0v) is 13.9. The Hall–Kier alpha value is -1.04. The Morgan fingerprint density at radius 3 is 2.68 bits per heavy atom. The molecule has 2 rings (SSSR count). The van der Waals surface area contributed by atoms with Crippen molar-refractivity contribution in [3.05, 3.63) is 46.1 Å². The van der Waals surface area contributed by atoms with Crippen LogP contribution in [0.1, 0.15) is 12.7 Å². The molecule has 3 N–H and O–H groups in total. The van der Waals surface area contributed by atoms with Crippen LogP contribution in [-0.2, 0) is 6.54 Å². The molecule has 2 aromatic rings. The Labute approximate surface area is 140 Å². The van der Waals surface area contributed by atoms with Gasteiger partial charge in [-0.3, -0.25) is 0 Å². The maximum Gasteiger partial charge on any atom is 0.135 e. The van der Waals surface area contributed by atoms with Crippen molar-refractivity contribution in [1.82, 2.24) is 10.6 Å². The predicted molar refractivity (Wildman–Crippen MR) is 90.4 cm³/mol. The van der Waals surface area contributed by atoms with Gasteiger partial charge in [0.1, 0.15) is 11.5 Å². The number of halogens is 2. The van der Waals surface area contributed by atoms with Crippen LogP contribution in [0.2, 0.25) is 10.0 Å². The maximum atomic E-state index is 9.12. The normalized spacial score (nSPS) is 12.5. The van der Waals surface area contributed by atoms with E-state index in [1.54, 1.807) is 25.1 Å². The summed E-state index contributed by atoms with van der Waals surface area (Å²) in [6.45, 7) is 4.57. The first-order valence-corrected chi connectivity index (χ1v) is 7.95. The summed E-state index contributed by atoms with van der Waals surface area (Å²) in [6.07, 6.45) is -0.324. The molecule has 22 heavy (non-hydrogen) atoms. The van der Waals surface area contributed by atoms with E-state index in [0.717, 1.165) is 24.4 Å². The summed E-state index contributed by atoms with van der Waals surface area (Å²) in [5, 5.41) is 16.8. The number of rotatable bonds is 8. The van der Waals surface area contributed by atoms with Gasteiger partial charge in [0, 0.05) is 30.2 Å². The fourth-order valence-electron chi connectivity index (χ4n) is 2.00. The largest absolute Gasteiger partial charge is 0.460 e. The van der Waals surface area contributed by atoms with E-state index in [9.17, 15) is 0 Å². The molecule has 0 aliphatic rings. The predicted octanol–water partition coefficient (Wildman–Crippen LogP) is 3.31. The second kappa shape index (κ2) is 8.56. The Morgan fingerprint density at radius 1 is 1.14 bits per heavy atom.